The van der Waals surface area contributed by atoms with Gasteiger partial charge in [-0.15, -0.1) is 18.3 Å². The first kappa shape index (κ1) is 17.4. The fraction of sp³-hybridized carbons (Fsp3) is 0.308. The van der Waals surface area contributed by atoms with Crippen molar-refractivity contribution in [3.05, 3.63) is 37.6 Å². The minimum atomic E-state index is 0.323. The van der Waals surface area contributed by atoms with Crippen LogP contribution in [0.4, 0.5) is 0 Å². The summed E-state index contributed by atoms with van der Waals surface area (Å²) in [4.78, 5) is 4.13. The third kappa shape index (κ3) is 10.3. The molecule has 0 amide bonds. The number of hydrogen-bond acceptors (Lipinski definition) is 3. The van der Waals surface area contributed by atoms with Crippen LogP contribution < -0.4 is 5.73 Å². The normalized spacial score (nSPS) is 12.4. The summed E-state index contributed by atoms with van der Waals surface area (Å²) in [7, 11) is 0. The standard InChI is InChI=1S/C11H18N4.C2H4/c1-6-9(4)7-13-10(5)11(12)15-14-8(2)3;1-2/h6-7H,1H2,2-5H3,(H2,12,15);1-2H2/b9-7-,13-10+;. The van der Waals surface area contributed by atoms with Crippen LogP contribution in [-0.4, -0.2) is 17.3 Å². The molecule has 0 unspecified atom stereocenters. The van der Waals surface area contributed by atoms with Gasteiger partial charge >= 0.3 is 0 Å². The molecule has 0 aromatic carbocycles. The van der Waals surface area contributed by atoms with Crippen LogP contribution in [0.1, 0.15) is 27.7 Å². The summed E-state index contributed by atoms with van der Waals surface area (Å²) in [5.41, 5.74) is 8.11. The highest BCUT2D eigenvalue weighted by Gasteiger charge is 1.95. The maximum Gasteiger partial charge on any atom is 0.167 e. The number of nitrogens with two attached hydrogens (primary N) is 1. The van der Waals surface area contributed by atoms with E-state index in [2.05, 4.69) is 34.9 Å². The highest BCUT2D eigenvalue weighted by Crippen LogP contribution is 1.93. The molecule has 0 radical (unpaired) electrons. The van der Waals surface area contributed by atoms with Gasteiger partial charge in [-0.25, -0.2) is 0 Å². The monoisotopic (exact) mass is 234 g/mol. The lowest BCUT2D eigenvalue weighted by Crippen LogP contribution is -2.20. The van der Waals surface area contributed by atoms with E-state index in [0.29, 0.717) is 11.5 Å². The number of nitrogens with zero attached hydrogens (tertiary/aromatic N) is 3. The zero-order valence-corrected chi connectivity index (χ0v) is 11.2. The Labute approximate surface area is 104 Å². The summed E-state index contributed by atoms with van der Waals surface area (Å²) in [6, 6.07) is 0. The van der Waals surface area contributed by atoms with Crippen molar-refractivity contribution in [1.29, 1.82) is 0 Å². The minimum absolute atomic E-state index is 0.323. The molecule has 0 fully saturated rings. The third-order valence-electron chi connectivity index (χ3n) is 1.51. The second kappa shape index (κ2) is 10.5. The van der Waals surface area contributed by atoms with Crippen LogP contribution in [0.5, 0.6) is 0 Å². The molecule has 94 valence electrons. The number of amidine groups is 1. The van der Waals surface area contributed by atoms with Gasteiger partial charge in [0.2, 0.25) is 0 Å². The molecule has 0 aliphatic carbocycles. The Morgan fingerprint density at radius 2 is 1.59 bits per heavy atom. The first-order valence-electron chi connectivity index (χ1n) is 5.15. The van der Waals surface area contributed by atoms with Crippen molar-refractivity contribution in [2.24, 2.45) is 20.9 Å². The number of rotatable bonds is 4. The van der Waals surface area contributed by atoms with Gasteiger partial charge in [0.25, 0.3) is 0 Å². The first-order valence-corrected chi connectivity index (χ1v) is 5.15. The molecule has 4 heteroatoms. The van der Waals surface area contributed by atoms with Gasteiger partial charge in [0.15, 0.2) is 5.84 Å². The Balaban J connectivity index is 0. The van der Waals surface area contributed by atoms with Gasteiger partial charge in [-0.05, 0) is 33.3 Å². The van der Waals surface area contributed by atoms with Crippen LogP contribution in [0, 0.1) is 0 Å². The third-order valence-corrected chi connectivity index (χ3v) is 1.51. The lowest BCUT2D eigenvalue weighted by molar-refractivity contribution is 1.21. The molecule has 0 aliphatic rings. The van der Waals surface area contributed by atoms with E-state index < -0.39 is 0 Å². The maximum absolute atomic E-state index is 5.65. The van der Waals surface area contributed by atoms with E-state index in [4.69, 9.17) is 5.73 Å². The minimum Gasteiger partial charge on any atom is -0.381 e. The number of hydrogen-bond donors (Lipinski definition) is 1. The van der Waals surface area contributed by atoms with E-state index in [1.807, 2.05) is 20.8 Å². The SMILES string of the molecule is C=C.C=C\C(C)=C/N=C(C)/C(N)=N/N=C(C)C. The van der Waals surface area contributed by atoms with Gasteiger partial charge in [0.05, 0.1) is 5.71 Å². The maximum atomic E-state index is 5.65. The molecule has 0 aliphatic heterocycles. The van der Waals surface area contributed by atoms with E-state index in [-0.39, 0.29) is 0 Å². The quantitative estimate of drug-likeness (QED) is 0.262. The fourth-order valence-corrected chi connectivity index (χ4v) is 0.544. The summed E-state index contributed by atoms with van der Waals surface area (Å²) in [6.45, 7) is 17.0. The molecule has 0 bridgehead atoms. The predicted octanol–water partition coefficient (Wildman–Crippen LogP) is 3.09. The molecular formula is C13H22N4. The molecule has 17 heavy (non-hydrogen) atoms. The van der Waals surface area contributed by atoms with Gasteiger partial charge in [-0.3, -0.25) is 4.99 Å². The summed E-state index contributed by atoms with van der Waals surface area (Å²) < 4.78 is 0. The predicted molar refractivity (Wildman–Crippen MR) is 78.7 cm³/mol. The number of allylic oxidation sites excluding steroid dienone is 2. The van der Waals surface area contributed by atoms with E-state index in [9.17, 15) is 0 Å². The van der Waals surface area contributed by atoms with Gasteiger partial charge < -0.3 is 5.73 Å². The smallest absolute Gasteiger partial charge is 0.167 e. The molecule has 0 aromatic heterocycles. The van der Waals surface area contributed by atoms with Crippen molar-refractivity contribution < 1.29 is 0 Å². The van der Waals surface area contributed by atoms with E-state index in [1.54, 1.807) is 19.2 Å². The van der Waals surface area contributed by atoms with E-state index in [0.717, 1.165) is 11.3 Å². The van der Waals surface area contributed by atoms with Crippen molar-refractivity contribution in [2.45, 2.75) is 27.7 Å². The topological polar surface area (TPSA) is 63.1 Å². The van der Waals surface area contributed by atoms with Crippen molar-refractivity contribution in [3.8, 4) is 0 Å². The summed E-state index contributed by atoms with van der Waals surface area (Å²) in [5, 5.41) is 7.67. The molecule has 0 aromatic rings. The summed E-state index contributed by atoms with van der Waals surface area (Å²) >= 11 is 0. The second-order valence-corrected chi connectivity index (χ2v) is 3.32. The lowest BCUT2D eigenvalue weighted by atomic mass is 10.3. The van der Waals surface area contributed by atoms with Crippen LogP contribution in [0.15, 0.2) is 52.8 Å². The fourth-order valence-electron chi connectivity index (χ4n) is 0.544. The average molecular weight is 234 g/mol. The molecule has 0 rings (SSSR count). The van der Waals surface area contributed by atoms with Crippen LogP contribution in [-0.2, 0) is 0 Å². The van der Waals surface area contributed by atoms with Crippen molar-refractivity contribution in [1.82, 2.24) is 0 Å². The van der Waals surface area contributed by atoms with Crippen LogP contribution >= 0.6 is 0 Å². The first-order chi connectivity index (χ1) is 7.97. The van der Waals surface area contributed by atoms with Gasteiger partial charge in [0.1, 0.15) is 0 Å². The zero-order chi connectivity index (χ0) is 13.8. The molecular weight excluding hydrogens is 212 g/mol. The molecule has 4 nitrogen and oxygen atoms in total. The lowest BCUT2D eigenvalue weighted by Gasteiger charge is -1.95. The van der Waals surface area contributed by atoms with Crippen molar-refractivity contribution in [2.75, 3.05) is 0 Å². The molecule has 2 N–H and O–H groups in total. The Morgan fingerprint density at radius 3 is 2.00 bits per heavy atom. The molecule has 0 atom stereocenters. The molecule has 0 spiro atoms. The highest BCUT2D eigenvalue weighted by atomic mass is 15.2. The summed E-state index contributed by atoms with van der Waals surface area (Å²) in [5.74, 6) is 0.323. The van der Waals surface area contributed by atoms with Crippen LogP contribution in [0.25, 0.3) is 0 Å². The molecule has 0 heterocycles. The van der Waals surface area contributed by atoms with Crippen molar-refractivity contribution in [3.63, 3.8) is 0 Å². The van der Waals surface area contributed by atoms with Crippen LogP contribution in [0.3, 0.4) is 0 Å². The van der Waals surface area contributed by atoms with Gasteiger partial charge in [0, 0.05) is 11.9 Å². The largest absolute Gasteiger partial charge is 0.381 e. The molecule has 0 saturated carbocycles. The zero-order valence-electron chi connectivity index (χ0n) is 11.2. The van der Waals surface area contributed by atoms with E-state index >= 15 is 0 Å². The van der Waals surface area contributed by atoms with E-state index in [1.165, 1.54) is 0 Å². The van der Waals surface area contributed by atoms with Gasteiger partial charge in [-0.1, -0.05) is 12.7 Å². The van der Waals surface area contributed by atoms with Crippen LogP contribution in [0.2, 0.25) is 0 Å². The van der Waals surface area contributed by atoms with Crippen molar-refractivity contribution >= 4 is 17.3 Å². The van der Waals surface area contributed by atoms with Gasteiger partial charge in [-0.2, -0.15) is 5.10 Å². The Kier molecular flexibility index (Phi) is 10.8. The highest BCUT2D eigenvalue weighted by molar-refractivity contribution is 6.40. The number of aliphatic imine (C=N–C) groups is 1. The Hall–Kier alpha value is -1.97. The molecule has 0 saturated heterocycles. The Bertz CT molecular complexity index is 356. The second-order valence-electron chi connectivity index (χ2n) is 3.32. The average Bonchev–Trinajstić information content (AvgIpc) is 2.34. The summed E-state index contributed by atoms with van der Waals surface area (Å²) in [6.07, 6.45) is 3.41. The Morgan fingerprint density at radius 1 is 1.06 bits per heavy atom.